The van der Waals surface area contributed by atoms with Gasteiger partial charge in [-0.25, -0.2) is 4.98 Å². The summed E-state index contributed by atoms with van der Waals surface area (Å²) in [5.41, 5.74) is 0. The number of aromatic nitrogens is 2. The Morgan fingerprint density at radius 1 is 1.50 bits per heavy atom. The summed E-state index contributed by atoms with van der Waals surface area (Å²) in [7, 11) is 1.86. The second kappa shape index (κ2) is 8.03. The quantitative estimate of drug-likeness (QED) is 0.668. The van der Waals surface area contributed by atoms with Gasteiger partial charge in [-0.15, -0.1) is 11.3 Å². The molecule has 2 aromatic heterocycles. The number of piperidine rings is 1. The lowest BCUT2D eigenvalue weighted by molar-refractivity contribution is 0.189. The lowest BCUT2D eigenvalue weighted by Gasteiger charge is -2.39. The summed E-state index contributed by atoms with van der Waals surface area (Å²) in [5, 5.41) is 3.49. The lowest BCUT2D eigenvalue weighted by Crippen LogP contribution is -2.49. The zero-order chi connectivity index (χ0) is 16.9. The summed E-state index contributed by atoms with van der Waals surface area (Å²) in [4.78, 5) is 12.3. The molecular weight excluding hydrogens is 342 g/mol. The Bertz CT molecular complexity index is 666. The molecule has 0 amide bonds. The van der Waals surface area contributed by atoms with Gasteiger partial charge in [0, 0.05) is 44.0 Å². The van der Waals surface area contributed by atoms with Crippen molar-refractivity contribution in [1.29, 1.82) is 0 Å². The van der Waals surface area contributed by atoms with E-state index >= 15 is 0 Å². The average molecular weight is 366 g/mol. The topological polar surface area (TPSA) is 45.5 Å². The van der Waals surface area contributed by atoms with E-state index in [1.54, 1.807) is 11.3 Å². The smallest absolute Gasteiger partial charge is 0.193 e. The van der Waals surface area contributed by atoms with E-state index in [1.807, 2.05) is 25.6 Å². The Labute approximate surface area is 152 Å². The molecule has 1 fully saturated rings. The molecule has 3 heterocycles. The van der Waals surface area contributed by atoms with Crippen molar-refractivity contribution in [2.24, 2.45) is 10.9 Å². The van der Waals surface area contributed by atoms with Gasteiger partial charge in [-0.3, -0.25) is 4.99 Å². The Morgan fingerprint density at radius 2 is 2.38 bits per heavy atom. The normalized spacial score (nSPS) is 22.0. The molecule has 3 rings (SSSR count). The minimum absolute atomic E-state index is 0.441. The molecule has 24 heavy (non-hydrogen) atoms. The van der Waals surface area contributed by atoms with Crippen molar-refractivity contribution in [1.82, 2.24) is 19.8 Å². The first-order valence-corrected chi connectivity index (χ1v) is 9.54. The van der Waals surface area contributed by atoms with Crippen LogP contribution in [0, 0.1) is 5.92 Å². The van der Waals surface area contributed by atoms with Crippen LogP contribution < -0.4 is 5.32 Å². The van der Waals surface area contributed by atoms with Crippen LogP contribution in [-0.2, 0) is 6.42 Å². The molecule has 0 bridgehead atoms. The Hall–Kier alpha value is -1.53. The molecule has 5 nitrogen and oxygen atoms in total. The molecule has 0 aromatic carbocycles. The number of halogens is 1. The summed E-state index contributed by atoms with van der Waals surface area (Å²) in [6.45, 7) is 5.18. The maximum atomic E-state index is 5.99. The van der Waals surface area contributed by atoms with Gasteiger partial charge in [0.2, 0.25) is 0 Å². The molecule has 1 aliphatic heterocycles. The predicted molar refractivity (Wildman–Crippen MR) is 101 cm³/mol. The average Bonchev–Trinajstić information content (AvgIpc) is 3.24. The summed E-state index contributed by atoms with van der Waals surface area (Å²) < 4.78 is 3.07. The third-order valence-corrected chi connectivity index (χ3v) is 5.91. The van der Waals surface area contributed by atoms with Crippen LogP contribution in [0.2, 0.25) is 4.34 Å². The van der Waals surface area contributed by atoms with Crippen molar-refractivity contribution in [2.45, 2.75) is 25.8 Å². The summed E-state index contributed by atoms with van der Waals surface area (Å²) in [6.07, 6.45) is 7.95. The molecule has 0 spiro atoms. The number of nitrogens with zero attached hydrogens (tertiary/aromatic N) is 4. The molecule has 2 unspecified atom stereocenters. The number of aliphatic imine (C=N–C) groups is 1. The molecule has 0 saturated carbocycles. The fourth-order valence-corrected chi connectivity index (χ4v) is 4.30. The van der Waals surface area contributed by atoms with E-state index in [9.17, 15) is 0 Å². The first kappa shape index (κ1) is 17.3. The molecular formula is C17H24ClN5S. The van der Waals surface area contributed by atoms with Crippen molar-refractivity contribution in [2.75, 3.05) is 26.7 Å². The van der Waals surface area contributed by atoms with Crippen molar-refractivity contribution < 1.29 is 0 Å². The van der Waals surface area contributed by atoms with Gasteiger partial charge < -0.3 is 14.8 Å². The Kier molecular flexibility index (Phi) is 5.79. The van der Waals surface area contributed by atoms with E-state index in [1.165, 1.54) is 4.88 Å². The van der Waals surface area contributed by atoms with Gasteiger partial charge >= 0.3 is 0 Å². The van der Waals surface area contributed by atoms with Crippen LogP contribution >= 0.6 is 22.9 Å². The van der Waals surface area contributed by atoms with Crippen molar-refractivity contribution in [3.63, 3.8) is 0 Å². The second-order valence-corrected chi connectivity index (χ2v) is 8.02. The van der Waals surface area contributed by atoms with Crippen molar-refractivity contribution >= 4 is 28.9 Å². The van der Waals surface area contributed by atoms with Crippen molar-refractivity contribution in [3.8, 4) is 0 Å². The van der Waals surface area contributed by atoms with Crippen LogP contribution in [0.25, 0.3) is 0 Å². The Morgan fingerprint density at radius 3 is 3.04 bits per heavy atom. The maximum absolute atomic E-state index is 5.99. The molecule has 0 aliphatic carbocycles. The SMILES string of the molecule is CN=C(NCCc1ccc(Cl)s1)N1CCC(C)C(n2ccnc2)C1. The van der Waals surface area contributed by atoms with Gasteiger partial charge in [0.05, 0.1) is 16.7 Å². The predicted octanol–water partition coefficient (Wildman–Crippen LogP) is 3.30. The van der Waals surface area contributed by atoms with E-state index < -0.39 is 0 Å². The van der Waals surface area contributed by atoms with E-state index in [0.717, 1.165) is 42.8 Å². The minimum atomic E-state index is 0.441. The highest BCUT2D eigenvalue weighted by Gasteiger charge is 2.28. The first-order valence-electron chi connectivity index (χ1n) is 8.34. The second-order valence-electron chi connectivity index (χ2n) is 6.22. The van der Waals surface area contributed by atoms with Crippen molar-refractivity contribution in [3.05, 3.63) is 40.1 Å². The van der Waals surface area contributed by atoms with E-state index in [4.69, 9.17) is 11.6 Å². The number of nitrogens with one attached hydrogen (secondary N) is 1. The molecule has 1 saturated heterocycles. The summed E-state index contributed by atoms with van der Waals surface area (Å²) >= 11 is 7.63. The molecule has 1 aliphatic rings. The van der Waals surface area contributed by atoms with Gasteiger partial charge in [-0.05, 0) is 30.9 Å². The van der Waals surface area contributed by atoms with Crippen LogP contribution in [0.15, 0.2) is 35.8 Å². The zero-order valence-corrected chi connectivity index (χ0v) is 15.7. The van der Waals surface area contributed by atoms with E-state index in [0.29, 0.717) is 12.0 Å². The number of imidazole rings is 1. The summed E-state index contributed by atoms with van der Waals surface area (Å²) in [6, 6.07) is 4.49. The standard InChI is InChI=1S/C17H24ClN5S/c1-13-6-9-22(11-15(13)23-10-8-20-12-23)17(19-2)21-7-5-14-3-4-16(18)24-14/h3-4,8,10,12-13,15H,5-7,9,11H2,1-2H3,(H,19,21). The monoisotopic (exact) mass is 365 g/mol. The number of likely N-dealkylation sites (tertiary alicyclic amines) is 1. The fraction of sp³-hybridized carbons (Fsp3) is 0.529. The maximum Gasteiger partial charge on any atom is 0.193 e. The third kappa shape index (κ3) is 4.11. The molecule has 130 valence electrons. The van der Waals surface area contributed by atoms with Gasteiger partial charge in [0.15, 0.2) is 5.96 Å². The highest BCUT2D eigenvalue weighted by Crippen LogP contribution is 2.27. The highest BCUT2D eigenvalue weighted by molar-refractivity contribution is 7.16. The minimum Gasteiger partial charge on any atom is -0.356 e. The van der Waals surface area contributed by atoms with Gasteiger partial charge in [-0.2, -0.15) is 0 Å². The zero-order valence-electron chi connectivity index (χ0n) is 14.2. The van der Waals surface area contributed by atoms with Crippen LogP contribution in [-0.4, -0.2) is 47.1 Å². The first-order chi connectivity index (χ1) is 11.7. The van der Waals surface area contributed by atoms with E-state index in [2.05, 4.69) is 43.9 Å². The van der Waals surface area contributed by atoms with E-state index in [-0.39, 0.29) is 0 Å². The van der Waals surface area contributed by atoms with Crippen LogP contribution in [0.5, 0.6) is 0 Å². The lowest BCUT2D eigenvalue weighted by atomic mass is 9.93. The van der Waals surface area contributed by atoms with Gasteiger partial charge in [0.25, 0.3) is 0 Å². The van der Waals surface area contributed by atoms with Crippen LogP contribution in [0.3, 0.4) is 0 Å². The fourth-order valence-electron chi connectivity index (χ4n) is 3.21. The number of rotatable bonds is 4. The van der Waals surface area contributed by atoms with Gasteiger partial charge in [0.1, 0.15) is 0 Å². The van der Waals surface area contributed by atoms with Gasteiger partial charge in [-0.1, -0.05) is 18.5 Å². The molecule has 2 aromatic rings. The Balaban J connectivity index is 1.57. The number of hydrogen-bond donors (Lipinski definition) is 1. The molecule has 0 radical (unpaired) electrons. The largest absolute Gasteiger partial charge is 0.356 e. The molecule has 7 heteroatoms. The van der Waals surface area contributed by atoms with Crippen LogP contribution in [0.4, 0.5) is 0 Å². The van der Waals surface area contributed by atoms with Crippen LogP contribution in [0.1, 0.15) is 24.3 Å². The number of thiophene rings is 1. The highest BCUT2D eigenvalue weighted by atomic mass is 35.5. The third-order valence-electron chi connectivity index (χ3n) is 4.62. The molecule has 1 N–H and O–H groups in total. The summed E-state index contributed by atoms with van der Waals surface area (Å²) in [5.74, 6) is 1.62. The number of guanidine groups is 1. The number of hydrogen-bond acceptors (Lipinski definition) is 3. The molecule has 2 atom stereocenters.